The van der Waals surface area contributed by atoms with Gasteiger partial charge in [-0.25, -0.2) is 4.98 Å². The number of rotatable bonds is 3. The first-order chi connectivity index (χ1) is 6.78. The topological polar surface area (TPSA) is 75.5 Å². The molecular formula is C9H15N3O2. The highest BCUT2D eigenvalue weighted by Gasteiger charge is 2.22. The van der Waals surface area contributed by atoms with E-state index in [0.29, 0.717) is 5.92 Å². The van der Waals surface area contributed by atoms with Gasteiger partial charge >= 0.3 is 0 Å². The minimum Gasteiger partial charge on any atom is -0.428 e. The fourth-order valence-corrected chi connectivity index (χ4v) is 1.82. The van der Waals surface area contributed by atoms with E-state index in [1.54, 1.807) is 6.20 Å². The molecule has 2 heterocycles. The van der Waals surface area contributed by atoms with E-state index in [-0.39, 0.29) is 12.6 Å². The maximum Gasteiger partial charge on any atom is 0.292 e. The molecule has 3 N–H and O–H groups in total. The van der Waals surface area contributed by atoms with Gasteiger partial charge in [-0.05, 0) is 18.9 Å². The van der Waals surface area contributed by atoms with Crippen LogP contribution in [0.2, 0.25) is 0 Å². The molecule has 0 radical (unpaired) electrons. The number of hydrogen-bond acceptors (Lipinski definition) is 5. The minimum absolute atomic E-state index is 0.220. The van der Waals surface area contributed by atoms with Crippen LogP contribution in [0.1, 0.15) is 12.2 Å². The van der Waals surface area contributed by atoms with Crippen LogP contribution in [0.3, 0.4) is 0 Å². The van der Waals surface area contributed by atoms with Gasteiger partial charge in [0.15, 0.2) is 0 Å². The fourth-order valence-electron chi connectivity index (χ4n) is 1.82. The van der Waals surface area contributed by atoms with E-state index in [2.05, 4.69) is 9.88 Å². The van der Waals surface area contributed by atoms with Crippen LogP contribution in [0.25, 0.3) is 0 Å². The number of aliphatic hydroxyl groups excluding tert-OH is 1. The van der Waals surface area contributed by atoms with Crippen molar-refractivity contribution in [2.75, 3.05) is 25.4 Å². The lowest BCUT2D eigenvalue weighted by atomic mass is 10.1. The predicted molar refractivity (Wildman–Crippen MR) is 51.4 cm³/mol. The van der Waals surface area contributed by atoms with Crippen LogP contribution in [-0.4, -0.2) is 34.7 Å². The van der Waals surface area contributed by atoms with Crippen molar-refractivity contribution in [2.24, 2.45) is 5.92 Å². The lowest BCUT2D eigenvalue weighted by Crippen LogP contribution is -2.20. The Bertz CT molecular complexity index is 300. The Balaban J connectivity index is 1.87. The molecule has 0 saturated carbocycles. The summed E-state index contributed by atoms with van der Waals surface area (Å²) in [5.41, 5.74) is 5.37. The fraction of sp³-hybridized carbons (Fsp3) is 0.667. The average Bonchev–Trinajstić information content (AvgIpc) is 2.76. The molecule has 0 spiro atoms. The number of oxazole rings is 1. The average molecular weight is 197 g/mol. The van der Waals surface area contributed by atoms with E-state index in [9.17, 15) is 0 Å². The second kappa shape index (κ2) is 3.98. The molecule has 1 saturated heterocycles. The van der Waals surface area contributed by atoms with Crippen molar-refractivity contribution in [3.63, 3.8) is 0 Å². The van der Waals surface area contributed by atoms with E-state index in [0.717, 1.165) is 31.8 Å². The number of nitrogen functional groups attached to an aromatic ring is 1. The highest BCUT2D eigenvalue weighted by Crippen LogP contribution is 2.18. The molecule has 2 rings (SSSR count). The molecule has 14 heavy (non-hydrogen) atoms. The molecule has 0 aliphatic carbocycles. The maximum atomic E-state index is 8.97. The summed E-state index contributed by atoms with van der Waals surface area (Å²) in [7, 11) is 0. The summed E-state index contributed by atoms with van der Waals surface area (Å²) in [6.45, 7) is 2.94. The molecule has 0 unspecified atom stereocenters. The van der Waals surface area contributed by atoms with Crippen molar-refractivity contribution in [1.82, 2.24) is 9.88 Å². The van der Waals surface area contributed by atoms with Gasteiger partial charge in [-0.1, -0.05) is 0 Å². The van der Waals surface area contributed by atoms with Crippen molar-refractivity contribution >= 4 is 6.01 Å². The van der Waals surface area contributed by atoms with Crippen molar-refractivity contribution in [2.45, 2.75) is 13.0 Å². The molecule has 1 aliphatic rings. The molecular weight excluding hydrogens is 182 g/mol. The van der Waals surface area contributed by atoms with Crippen LogP contribution in [0, 0.1) is 5.92 Å². The summed E-state index contributed by atoms with van der Waals surface area (Å²) in [5, 5.41) is 8.97. The highest BCUT2D eigenvalue weighted by atomic mass is 16.4. The number of aromatic nitrogens is 1. The summed E-state index contributed by atoms with van der Waals surface area (Å²) in [6, 6.07) is 0.220. The van der Waals surface area contributed by atoms with E-state index >= 15 is 0 Å². The molecule has 5 nitrogen and oxygen atoms in total. The van der Waals surface area contributed by atoms with Crippen LogP contribution in [0.5, 0.6) is 0 Å². The largest absolute Gasteiger partial charge is 0.428 e. The van der Waals surface area contributed by atoms with Crippen molar-refractivity contribution in [3.05, 3.63) is 12.0 Å². The number of anilines is 1. The zero-order valence-electron chi connectivity index (χ0n) is 8.02. The molecule has 1 fully saturated rings. The number of likely N-dealkylation sites (tertiary alicyclic amines) is 1. The van der Waals surface area contributed by atoms with E-state index in [1.807, 2.05) is 0 Å². The van der Waals surface area contributed by atoms with E-state index in [1.165, 1.54) is 0 Å². The third kappa shape index (κ3) is 2.05. The molecule has 78 valence electrons. The van der Waals surface area contributed by atoms with Gasteiger partial charge in [0.1, 0.15) is 5.76 Å². The van der Waals surface area contributed by atoms with Gasteiger partial charge in [0, 0.05) is 13.2 Å². The van der Waals surface area contributed by atoms with Crippen molar-refractivity contribution < 1.29 is 9.52 Å². The second-order valence-corrected chi connectivity index (χ2v) is 3.74. The Morgan fingerprint density at radius 3 is 3.14 bits per heavy atom. The summed E-state index contributed by atoms with van der Waals surface area (Å²) in [5.74, 6) is 1.20. The molecule has 1 aliphatic heterocycles. The van der Waals surface area contributed by atoms with E-state index < -0.39 is 0 Å². The van der Waals surface area contributed by atoms with Gasteiger partial charge < -0.3 is 15.3 Å². The first-order valence-electron chi connectivity index (χ1n) is 4.81. The SMILES string of the molecule is Nc1ncc(CN2CC[C@@H](CO)C2)o1. The van der Waals surface area contributed by atoms with Crippen LogP contribution in [0.4, 0.5) is 6.01 Å². The van der Waals surface area contributed by atoms with Gasteiger partial charge in [-0.3, -0.25) is 4.90 Å². The number of hydrogen-bond donors (Lipinski definition) is 2. The normalized spacial score (nSPS) is 23.1. The van der Waals surface area contributed by atoms with Crippen LogP contribution >= 0.6 is 0 Å². The van der Waals surface area contributed by atoms with E-state index in [4.69, 9.17) is 15.3 Å². The van der Waals surface area contributed by atoms with Crippen LogP contribution in [0.15, 0.2) is 10.6 Å². The van der Waals surface area contributed by atoms with Gasteiger partial charge in [-0.2, -0.15) is 0 Å². The third-order valence-electron chi connectivity index (χ3n) is 2.58. The lowest BCUT2D eigenvalue weighted by molar-refractivity contribution is 0.216. The maximum absolute atomic E-state index is 8.97. The highest BCUT2D eigenvalue weighted by molar-refractivity contribution is 5.10. The van der Waals surface area contributed by atoms with Crippen LogP contribution < -0.4 is 5.73 Å². The Hall–Kier alpha value is -1.07. The smallest absolute Gasteiger partial charge is 0.292 e. The molecule has 1 aromatic rings. The number of aliphatic hydroxyl groups is 1. The van der Waals surface area contributed by atoms with Gasteiger partial charge in [0.05, 0.1) is 12.7 Å². The summed E-state index contributed by atoms with van der Waals surface area (Å²) >= 11 is 0. The Labute approximate surface area is 82.5 Å². The molecule has 5 heteroatoms. The van der Waals surface area contributed by atoms with Gasteiger partial charge in [0.2, 0.25) is 0 Å². The zero-order valence-corrected chi connectivity index (χ0v) is 8.02. The summed E-state index contributed by atoms with van der Waals surface area (Å²) < 4.78 is 5.18. The minimum atomic E-state index is 0.220. The van der Waals surface area contributed by atoms with Crippen LogP contribution in [-0.2, 0) is 6.54 Å². The molecule has 0 aromatic carbocycles. The Morgan fingerprint density at radius 1 is 1.71 bits per heavy atom. The lowest BCUT2D eigenvalue weighted by Gasteiger charge is -2.12. The summed E-state index contributed by atoms with van der Waals surface area (Å²) in [6.07, 6.45) is 2.71. The first-order valence-corrected chi connectivity index (χ1v) is 4.81. The standard InChI is InChI=1S/C9H15N3O2/c10-9-11-3-8(14-9)5-12-2-1-7(4-12)6-13/h3,7,13H,1-2,4-6H2,(H2,10,11)/t7-/m1/s1. The Morgan fingerprint density at radius 2 is 2.57 bits per heavy atom. The van der Waals surface area contributed by atoms with Crippen molar-refractivity contribution in [3.8, 4) is 0 Å². The molecule has 1 atom stereocenters. The molecule has 0 bridgehead atoms. The quantitative estimate of drug-likeness (QED) is 0.717. The zero-order chi connectivity index (χ0) is 9.97. The monoisotopic (exact) mass is 197 g/mol. The first kappa shape index (κ1) is 9.48. The Kier molecular flexibility index (Phi) is 2.69. The van der Waals surface area contributed by atoms with Gasteiger partial charge in [0.25, 0.3) is 6.01 Å². The molecule has 0 amide bonds. The number of nitrogens with two attached hydrogens (primary N) is 1. The van der Waals surface area contributed by atoms with Gasteiger partial charge in [-0.15, -0.1) is 0 Å². The molecule has 1 aromatic heterocycles. The third-order valence-corrected chi connectivity index (χ3v) is 2.58. The number of nitrogens with zero attached hydrogens (tertiary/aromatic N) is 2. The predicted octanol–water partition coefficient (Wildman–Crippen LogP) is 0.0710. The summed E-state index contributed by atoms with van der Waals surface area (Å²) in [4.78, 5) is 6.07. The second-order valence-electron chi connectivity index (χ2n) is 3.74. The van der Waals surface area contributed by atoms with Crippen molar-refractivity contribution in [1.29, 1.82) is 0 Å².